The molecule has 0 radical (unpaired) electrons. The molecule has 1 fully saturated rings. The number of allylic oxidation sites excluding steroid dienone is 1. The molecule has 20 heavy (non-hydrogen) atoms. The predicted octanol–water partition coefficient (Wildman–Crippen LogP) is 2.05. The van der Waals surface area contributed by atoms with Crippen LogP contribution in [0.15, 0.2) is 11.5 Å². The van der Waals surface area contributed by atoms with E-state index >= 15 is 0 Å². The molecule has 0 aromatic carbocycles. The van der Waals surface area contributed by atoms with Crippen LogP contribution in [0.4, 0.5) is 0 Å². The quantitative estimate of drug-likeness (QED) is 0.859. The number of nitrogens with zero attached hydrogens (tertiary/aromatic N) is 2. The third-order valence-electron chi connectivity index (χ3n) is 4.68. The van der Waals surface area contributed by atoms with Gasteiger partial charge in [-0.2, -0.15) is 0 Å². The van der Waals surface area contributed by atoms with Crippen molar-refractivity contribution in [2.75, 3.05) is 33.7 Å². The Labute approximate surface area is 123 Å². The van der Waals surface area contributed by atoms with Crippen molar-refractivity contribution in [3.8, 4) is 0 Å². The fourth-order valence-electron chi connectivity index (χ4n) is 3.46. The second kappa shape index (κ2) is 5.94. The standard InChI is InChI=1S/C16H30N2O2/c1-6-18-9-7-16(8-10-18)11-13(19)14(17(4)5)15(20-16)12(2)3/h12-13,19H,6-11H2,1-5H3. The van der Waals surface area contributed by atoms with Crippen LogP contribution in [-0.4, -0.2) is 60.3 Å². The van der Waals surface area contributed by atoms with Crippen LogP contribution in [0, 0.1) is 5.92 Å². The molecule has 0 aromatic rings. The van der Waals surface area contributed by atoms with Gasteiger partial charge in [-0.1, -0.05) is 20.8 Å². The Morgan fingerprint density at radius 3 is 2.40 bits per heavy atom. The average molecular weight is 282 g/mol. The predicted molar refractivity (Wildman–Crippen MR) is 81.3 cm³/mol. The molecule has 4 heteroatoms. The average Bonchev–Trinajstić information content (AvgIpc) is 2.38. The smallest absolute Gasteiger partial charge is 0.121 e. The number of piperidine rings is 1. The summed E-state index contributed by atoms with van der Waals surface area (Å²) in [5.41, 5.74) is 0.813. The van der Waals surface area contributed by atoms with E-state index in [0.29, 0.717) is 5.92 Å². The summed E-state index contributed by atoms with van der Waals surface area (Å²) < 4.78 is 6.46. The van der Waals surface area contributed by atoms with Gasteiger partial charge in [0.25, 0.3) is 0 Å². The number of aliphatic hydroxyl groups is 1. The lowest BCUT2D eigenvalue weighted by molar-refractivity contribution is -0.102. The van der Waals surface area contributed by atoms with E-state index in [0.717, 1.165) is 50.4 Å². The molecule has 1 N–H and O–H groups in total. The number of rotatable bonds is 3. The molecule has 2 aliphatic heterocycles. The first-order valence-corrected chi connectivity index (χ1v) is 7.89. The summed E-state index contributed by atoms with van der Waals surface area (Å²) in [6, 6.07) is 0. The van der Waals surface area contributed by atoms with Gasteiger partial charge in [0, 0.05) is 39.5 Å². The molecule has 1 saturated heterocycles. The number of hydrogen-bond acceptors (Lipinski definition) is 4. The summed E-state index contributed by atoms with van der Waals surface area (Å²) in [4.78, 5) is 4.47. The van der Waals surface area contributed by atoms with Gasteiger partial charge in [-0.05, 0) is 19.4 Å². The van der Waals surface area contributed by atoms with Crippen molar-refractivity contribution in [1.82, 2.24) is 9.80 Å². The second-order valence-electron chi connectivity index (χ2n) is 6.74. The van der Waals surface area contributed by atoms with Crippen molar-refractivity contribution in [3.05, 3.63) is 11.5 Å². The largest absolute Gasteiger partial charge is 0.489 e. The summed E-state index contributed by atoms with van der Waals surface area (Å²) in [5.74, 6) is 1.29. The summed E-state index contributed by atoms with van der Waals surface area (Å²) in [6.45, 7) is 9.75. The van der Waals surface area contributed by atoms with Crippen LogP contribution in [0.3, 0.4) is 0 Å². The third kappa shape index (κ3) is 2.96. The molecule has 1 atom stereocenters. The van der Waals surface area contributed by atoms with E-state index in [-0.39, 0.29) is 5.60 Å². The Hall–Kier alpha value is -0.740. The normalized spacial score (nSPS) is 27.1. The highest BCUT2D eigenvalue weighted by Gasteiger charge is 2.44. The number of aliphatic hydroxyl groups excluding tert-OH is 1. The number of ether oxygens (including phenoxy) is 1. The zero-order valence-corrected chi connectivity index (χ0v) is 13.6. The maximum absolute atomic E-state index is 10.6. The molecular formula is C16H30N2O2. The molecule has 0 bridgehead atoms. The van der Waals surface area contributed by atoms with Crippen LogP contribution in [0.25, 0.3) is 0 Å². The van der Waals surface area contributed by atoms with Crippen molar-refractivity contribution >= 4 is 0 Å². The van der Waals surface area contributed by atoms with Crippen LogP contribution in [0.5, 0.6) is 0 Å². The first kappa shape index (κ1) is 15.6. The van der Waals surface area contributed by atoms with E-state index < -0.39 is 6.10 Å². The second-order valence-corrected chi connectivity index (χ2v) is 6.74. The first-order chi connectivity index (χ1) is 9.38. The van der Waals surface area contributed by atoms with Crippen molar-refractivity contribution in [3.63, 3.8) is 0 Å². The van der Waals surface area contributed by atoms with Gasteiger partial charge >= 0.3 is 0 Å². The molecule has 116 valence electrons. The molecule has 2 heterocycles. The SMILES string of the molecule is CCN1CCC2(CC1)CC(O)C(N(C)C)=C(C(C)C)O2. The van der Waals surface area contributed by atoms with Crippen molar-refractivity contribution < 1.29 is 9.84 Å². The number of likely N-dealkylation sites (N-methyl/N-ethyl adjacent to an activating group) is 1. The van der Waals surface area contributed by atoms with Crippen LogP contribution in [0.2, 0.25) is 0 Å². The van der Waals surface area contributed by atoms with Gasteiger partial charge in [-0.15, -0.1) is 0 Å². The summed E-state index contributed by atoms with van der Waals surface area (Å²) in [6.07, 6.45) is 2.38. The molecule has 0 aliphatic carbocycles. The van der Waals surface area contributed by atoms with Crippen LogP contribution >= 0.6 is 0 Å². The van der Waals surface area contributed by atoms with Crippen LogP contribution in [0.1, 0.15) is 40.0 Å². The lowest BCUT2D eigenvalue weighted by atomic mass is 9.82. The summed E-state index contributed by atoms with van der Waals surface area (Å²) in [7, 11) is 3.98. The van der Waals surface area contributed by atoms with Gasteiger partial charge in [-0.25, -0.2) is 0 Å². The maximum Gasteiger partial charge on any atom is 0.121 e. The lowest BCUT2D eigenvalue weighted by Gasteiger charge is -2.48. The topological polar surface area (TPSA) is 35.9 Å². The van der Waals surface area contributed by atoms with Gasteiger partial charge in [0.05, 0.1) is 5.70 Å². The minimum atomic E-state index is -0.399. The van der Waals surface area contributed by atoms with E-state index in [4.69, 9.17) is 4.74 Å². The first-order valence-electron chi connectivity index (χ1n) is 7.89. The van der Waals surface area contributed by atoms with E-state index in [1.807, 2.05) is 19.0 Å². The van der Waals surface area contributed by atoms with Crippen molar-refractivity contribution in [2.24, 2.45) is 5.92 Å². The lowest BCUT2D eigenvalue weighted by Crippen LogP contribution is -2.51. The molecule has 2 rings (SSSR count). The van der Waals surface area contributed by atoms with E-state index in [1.165, 1.54) is 0 Å². The summed E-state index contributed by atoms with van der Waals surface area (Å²) in [5, 5.41) is 10.6. The maximum atomic E-state index is 10.6. The number of hydrogen-bond donors (Lipinski definition) is 1. The van der Waals surface area contributed by atoms with Gasteiger partial charge in [-0.3, -0.25) is 0 Å². The number of likely N-dealkylation sites (tertiary alicyclic amines) is 1. The van der Waals surface area contributed by atoms with Gasteiger partial charge in [0.2, 0.25) is 0 Å². The highest BCUT2D eigenvalue weighted by Crippen LogP contribution is 2.41. The monoisotopic (exact) mass is 282 g/mol. The highest BCUT2D eigenvalue weighted by atomic mass is 16.5. The molecule has 1 spiro atoms. The Balaban J connectivity index is 2.22. The minimum Gasteiger partial charge on any atom is -0.489 e. The Morgan fingerprint density at radius 1 is 1.35 bits per heavy atom. The molecule has 4 nitrogen and oxygen atoms in total. The fourth-order valence-corrected chi connectivity index (χ4v) is 3.46. The van der Waals surface area contributed by atoms with E-state index in [9.17, 15) is 5.11 Å². The highest BCUT2D eigenvalue weighted by molar-refractivity contribution is 5.19. The van der Waals surface area contributed by atoms with Gasteiger partial charge in [0.15, 0.2) is 0 Å². The zero-order chi connectivity index (χ0) is 14.9. The van der Waals surface area contributed by atoms with Gasteiger partial charge < -0.3 is 19.6 Å². The van der Waals surface area contributed by atoms with Crippen molar-refractivity contribution in [2.45, 2.75) is 51.7 Å². The van der Waals surface area contributed by atoms with Gasteiger partial charge in [0.1, 0.15) is 17.5 Å². The Kier molecular flexibility index (Phi) is 4.65. The van der Waals surface area contributed by atoms with E-state index in [1.54, 1.807) is 0 Å². The molecular weight excluding hydrogens is 252 g/mol. The molecule has 2 aliphatic rings. The molecule has 0 aromatic heterocycles. The van der Waals surface area contributed by atoms with Crippen LogP contribution in [-0.2, 0) is 4.74 Å². The Bertz CT molecular complexity index is 369. The molecule has 0 amide bonds. The molecule has 1 unspecified atom stereocenters. The van der Waals surface area contributed by atoms with Crippen LogP contribution < -0.4 is 0 Å². The Morgan fingerprint density at radius 2 is 1.95 bits per heavy atom. The third-order valence-corrected chi connectivity index (χ3v) is 4.68. The zero-order valence-electron chi connectivity index (χ0n) is 13.6. The fraction of sp³-hybridized carbons (Fsp3) is 0.875. The van der Waals surface area contributed by atoms with E-state index in [2.05, 4.69) is 25.7 Å². The molecule has 0 saturated carbocycles. The minimum absolute atomic E-state index is 0.149. The van der Waals surface area contributed by atoms with Crippen molar-refractivity contribution in [1.29, 1.82) is 0 Å². The summed E-state index contributed by atoms with van der Waals surface area (Å²) >= 11 is 0.